The molecule has 8 nitrogen and oxygen atoms in total. The summed E-state index contributed by atoms with van der Waals surface area (Å²) < 4.78 is 40.0. The summed E-state index contributed by atoms with van der Waals surface area (Å²) in [5.74, 6) is -2.72. The molecule has 3 atom stereocenters. The van der Waals surface area contributed by atoms with Crippen molar-refractivity contribution >= 4 is 5.97 Å². The fourth-order valence-corrected chi connectivity index (χ4v) is 4.99. The Bertz CT molecular complexity index is 1350. The zero-order chi connectivity index (χ0) is 28.3. The lowest BCUT2D eigenvalue weighted by Gasteiger charge is -2.24. The van der Waals surface area contributed by atoms with Crippen LogP contribution in [0.4, 0.5) is 8.78 Å². The van der Waals surface area contributed by atoms with Gasteiger partial charge in [0.05, 0.1) is 55.2 Å². The van der Waals surface area contributed by atoms with Crippen LogP contribution in [-0.4, -0.2) is 44.9 Å². The number of phenolic OH excluding ortho intramolecular Hbond substituents is 1. The number of rotatable bonds is 11. The third kappa shape index (κ3) is 6.16. The molecular weight excluding hydrogens is 508 g/mol. The van der Waals surface area contributed by atoms with Gasteiger partial charge in [-0.1, -0.05) is 19.1 Å². The van der Waals surface area contributed by atoms with Crippen molar-refractivity contribution in [1.82, 2.24) is 15.0 Å². The number of hydrogen-bond donors (Lipinski definition) is 2. The molecule has 10 heteroatoms. The quantitative estimate of drug-likeness (QED) is 0.319. The standard InChI is InChI=1S/C29H33F2N3O5/c1-5-39-24-12-20(21(30)13-32-24)27-16(3)34-22(14-33-27)23(35)11-9-18-8-10-19(26(31)28(18)36)25(17-6-7-17)15(2)29(37)38-4/h8,10,12-15,17,23,25,35-36H,5-7,9,11H2,1-4H3/t15-,23-,25+/m1/s1. The second kappa shape index (κ2) is 12.0. The summed E-state index contributed by atoms with van der Waals surface area (Å²) >= 11 is 0. The minimum absolute atomic E-state index is 0.141. The number of phenols is 1. The van der Waals surface area contributed by atoms with Crippen molar-refractivity contribution in [3.63, 3.8) is 0 Å². The lowest BCUT2D eigenvalue weighted by molar-refractivity contribution is -0.145. The number of esters is 1. The van der Waals surface area contributed by atoms with Crippen LogP contribution >= 0.6 is 0 Å². The summed E-state index contributed by atoms with van der Waals surface area (Å²) in [6.45, 7) is 5.55. The van der Waals surface area contributed by atoms with Gasteiger partial charge in [-0.25, -0.2) is 13.8 Å². The first-order chi connectivity index (χ1) is 18.7. The van der Waals surface area contributed by atoms with E-state index >= 15 is 4.39 Å². The van der Waals surface area contributed by atoms with Crippen LogP contribution in [-0.2, 0) is 16.0 Å². The SMILES string of the molecule is CCOc1cc(-c2ncc([C@H](O)CCc3ccc([C@H](C4CC4)[C@@H](C)C(=O)OC)c(F)c3O)nc2C)c(F)cn1. The highest BCUT2D eigenvalue weighted by Crippen LogP contribution is 2.48. The molecule has 0 saturated heterocycles. The zero-order valence-electron chi connectivity index (χ0n) is 22.4. The van der Waals surface area contributed by atoms with Crippen LogP contribution in [0.25, 0.3) is 11.3 Å². The maximum Gasteiger partial charge on any atom is 0.309 e. The number of ether oxygens (including phenoxy) is 2. The highest BCUT2D eigenvalue weighted by Gasteiger charge is 2.41. The molecule has 1 aliphatic rings. The normalized spacial score (nSPS) is 15.5. The summed E-state index contributed by atoms with van der Waals surface area (Å²) in [5, 5.41) is 21.4. The van der Waals surface area contributed by atoms with E-state index in [4.69, 9.17) is 9.47 Å². The second-order valence-electron chi connectivity index (χ2n) is 9.87. The zero-order valence-corrected chi connectivity index (χ0v) is 22.4. The summed E-state index contributed by atoms with van der Waals surface area (Å²) in [7, 11) is 1.31. The molecule has 3 aromatic rings. The molecule has 2 heterocycles. The predicted molar refractivity (Wildman–Crippen MR) is 139 cm³/mol. The molecule has 1 aromatic carbocycles. The van der Waals surface area contributed by atoms with Crippen molar-refractivity contribution in [2.45, 2.75) is 58.5 Å². The van der Waals surface area contributed by atoms with Gasteiger partial charge in [0.2, 0.25) is 5.88 Å². The van der Waals surface area contributed by atoms with E-state index in [-0.39, 0.29) is 41.8 Å². The van der Waals surface area contributed by atoms with Crippen molar-refractivity contribution in [3.05, 3.63) is 64.7 Å². The van der Waals surface area contributed by atoms with Crippen LogP contribution in [0, 0.1) is 30.4 Å². The lowest BCUT2D eigenvalue weighted by atomic mass is 9.82. The maximum atomic E-state index is 15.3. The number of aromatic hydroxyl groups is 1. The van der Waals surface area contributed by atoms with Gasteiger partial charge in [-0.15, -0.1) is 0 Å². The number of halogens is 2. The fourth-order valence-electron chi connectivity index (χ4n) is 4.99. The fraction of sp³-hybridized carbons (Fsp3) is 0.448. The van der Waals surface area contributed by atoms with E-state index in [1.165, 1.54) is 19.4 Å². The Morgan fingerprint density at radius 1 is 1.21 bits per heavy atom. The highest BCUT2D eigenvalue weighted by molar-refractivity contribution is 5.73. The lowest BCUT2D eigenvalue weighted by Crippen LogP contribution is -2.23. The number of benzene rings is 1. The topological polar surface area (TPSA) is 115 Å². The molecule has 1 saturated carbocycles. The Hall–Kier alpha value is -3.66. The smallest absolute Gasteiger partial charge is 0.309 e. The van der Waals surface area contributed by atoms with E-state index in [9.17, 15) is 19.4 Å². The molecule has 4 rings (SSSR count). The van der Waals surface area contributed by atoms with Crippen molar-refractivity contribution in [2.75, 3.05) is 13.7 Å². The third-order valence-electron chi connectivity index (χ3n) is 7.20. The predicted octanol–water partition coefficient (Wildman–Crippen LogP) is 5.20. The van der Waals surface area contributed by atoms with Crippen molar-refractivity contribution < 1.29 is 33.3 Å². The number of aryl methyl sites for hydroxylation is 2. The number of aliphatic hydroxyl groups excluding tert-OH is 1. The first-order valence-corrected chi connectivity index (χ1v) is 13.0. The molecule has 0 bridgehead atoms. The molecule has 1 fully saturated rings. The van der Waals surface area contributed by atoms with E-state index < -0.39 is 35.4 Å². The molecule has 0 spiro atoms. The number of aliphatic hydroxyl groups is 1. The number of carbonyl (C=O) groups is 1. The Kier molecular flexibility index (Phi) is 8.74. The molecule has 0 radical (unpaired) electrons. The van der Waals surface area contributed by atoms with Gasteiger partial charge in [-0.2, -0.15) is 0 Å². The van der Waals surface area contributed by atoms with Crippen LogP contribution in [0.2, 0.25) is 0 Å². The van der Waals surface area contributed by atoms with Crippen LogP contribution in [0.3, 0.4) is 0 Å². The van der Waals surface area contributed by atoms with Gasteiger partial charge in [-0.3, -0.25) is 14.8 Å². The third-order valence-corrected chi connectivity index (χ3v) is 7.20. The minimum Gasteiger partial charge on any atom is -0.505 e. The summed E-state index contributed by atoms with van der Waals surface area (Å²) in [6, 6.07) is 4.69. The van der Waals surface area contributed by atoms with Gasteiger partial charge in [0.25, 0.3) is 0 Å². The highest BCUT2D eigenvalue weighted by atomic mass is 19.1. The summed E-state index contributed by atoms with van der Waals surface area (Å²) in [5.41, 5.74) is 1.79. The minimum atomic E-state index is -1.05. The molecule has 0 unspecified atom stereocenters. The molecule has 2 N–H and O–H groups in total. The van der Waals surface area contributed by atoms with Crippen molar-refractivity contribution in [1.29, 1.82) is 0 Å². The molecule has 0 amide bonds. The van der Waals surface area contributed by atoms with Crippen LogP contribution in [0.5, 0.6) is 11.6 Å². The maximum absolute atomic E-state index is 15.3. The number of hydrogen-bond acceptors (Lipinski definition) is 8. The van der Waals surface area contributed by atoms with Gasteiger partial charge in [0.1, 0.15) is 0 Å². The van der Waals surface area contributed by atoms with Crippen molar-refractivity contribution in [2.24, 2.45) is 11.8 Å². The number of nitrogens with zero attached hydrogens (tertiary/aromatic N) is 3. The molecule has 0 aliphatic heterocycles. The Labute approximate surface area is 226 Å². The number of carbonyl (C=O) groups excluding carboxylic acids is 1. The Balaban J connectivity index is 1.49. The molecule has 1 aliphatic carbocycles. The second-order valence-corrected chi connectivity index (χ2v) is 9.87. The van der Waals surface area contributed by atoms with Gasteiger partial charge in [0, 0.05) is 17.5 Å². The number of aromatic nitrogens is 3. The van der Waals surface area contributed by atoms with Gasteiger partial charge < -0.3 is 19.7 Å². The average Bonchev–Trinajstić information content (AvgIpc) is 3.76. The molecule has 208 valence electrons. The van der Waals surface area contributed by atoms with Gasteiger partial charge in [0.15, 0.2) is 17.4 Å². The van der Waals surface area contributed by atoms with Crippen LogP contribution < -0.4 is 4.74 Å². The van der Waals surface area contributed by atoms with E-state index in [0.717, 1.165) is 19.0 Å². The van der Waals surface area contributed by atoms with Gasteiger partial charge >= 0.3 is 5.97 Å². The summed E-state index contributed by atoms with van der Waals surface area (Å²) in [4.78, 5) is 24.8. The monoisotopic (exact) mass is 541 g/mol. The largest absolute Gasteiger partial charge is 0.505 e. The number of methoxy groups -OCH3 is 1. The van der Waals surface area contributed by atoms with E-state index in [1.54, 1.807) is 32.9 Å². The van der Waals surface area contributed by atoms with Crippen molar-refractivity contribution in [3.8, 4) is 22.9 Å². The van der Waals surface area contributed by atoms with E-state index in [0.29, 0.717) is 29.1 Å². The number of pyridine rings is 1. The Morgan fingerprint density at radius 2 is 1.95 bits per heavy atom. The average molecular weight is 542 g/mol. The van der Waals surface area contributed by atoms with Crippen LogP contribution in [0.15, 0.2) is 30.6 Å². The van der Waals surface area contributed by atoms with E-state index in [1.807, 2.05) is 0 Å². The summed E-state index contributed by atoms with van der Waals surface area (Å²) in [6.07, 6.45) is 3.47. The van der Waals surface area contributed by atoms with Gasteiger partial charge in [-0.05, 0) is 56.6 Å². The first-order valence-electron chi connectivity index (χ1n) is 13.0. The first kappa shape index (κ1) is 28.4. The van der Waals surface area contributed by atoms with E-state index in [2.05, 4.69) is 15.0 Å². The molecule has 39 heavy (non-hydrogen) atoms. The molecular formula is C29H33F2N3O5. The van der Waals surface area contributed by atoms with Crippen LogP contribution in [0.1, 0.15) is 67.6 Å². The Morgan fingerprint density at radius 3 is 2.59 bits per heavy atom. The molecule has 2 aromatic heterocycles.